The van der Waals surface area contributed by atoms with Crippen LogP contribution in [-0.2, 0) is 6.54 Å². The van der Waals surface area contributed by atoms with Crippen LogP contribution in [0, 0.1) is 5.41 Å². The summed E-state index contributed by atoms with van der Waals surface area (Å²) in [5.74, 6) is 3.38. The van der Waals surface area contributed by atoms with Gasteiger partial charge in [0.25, 0.3) is 0 Å². The fraction of sp³-hybridized carbons (Fsp3) is 0.296. The van der Waals surface area contributed by atoms with Gasteiger partial charge in [-0.2, -0.15) is 11.8 Å². The maximum absolute atomic E-state index is 7.62. The van der Waals surface area contributed by atoms with Gasteiger partial charge in [0.15, 0.2) is 0 Å². The van der Waals surface area contributed by atoms with Gasteiger partial charge in [0.1, 0.15) is 0 Å². The molecule has 34 heavy (non-hydrogen) atoms. The first kappa shape index (κ1) is 23.3. The summed E-state index contributed by atoms with van der Waals surface area (Å²) in [4.78, 5) is 3.81. The zero-order valence-corrected chi connectivity index (χ0v) is 21.1. The lowest BCUT2D eigenvalue weighted by atomic mass is 9.96. The van der Waals surface area contributed by atoms with Gasteiger partial charge in [-0.1, -0.05) is 43.0 Å². The zero-order valence-electron chi connectivity index (χ0n) is 19.5. The van der Waals surface area contributed by atoms with Gasteiger partial charge >= 0.3 is 0 Å². The molecule has 5 nitrogen and oxygen atoms in total. The molecule has 0 aromatic heterocycles. The van der Waals surface area contributed by atoms with E-state index in [1.807, 2.05) is 24.9 Å². The van der Waals surface area contributed by atoms with Crippen molar-refractivity contribution in [2.75, 3.05) is 42.7 Å². The highest BCUT2D eigenvalue weighted by molar-refractivity contribution is 8.08. The van der Waals surface area contributed by atoms with E-state index >= 15 is 0 Å². The highest BCUT2D eigenvalue weighted by atomic mass is 32.2. The summed E-state index contributed by atoms with van der Waals surface area (Å²) in [5.41, 5.74) is 15.9. The van der Waals surface area contributed by atoms with Crippen molar-refractivity contribution >= 4 is 40.3 Å². The molecular formula is C27H31N5S2. The molecule has 0 amide bonds. The van der Waals surface area contributed by atoms with Crippen molar-refractivity contribution in [3.63, 3.8) is 0 Å². The summed E-state index contributed by atoms with van der Waals surface area (Å²) in [6.45, 7) is 7.79. The van der Waals surface area contributed by atoms with Crippen LogP contribution in [0.4, 0.5) is 5.69 Å². The fourth-order valence-corrected chi connectivity index (χ4v) is 6.79. The Hall–Kier alpha value is -2.45. The van der Waals surface area contributed by atoms with Gasteiger partial charge < -0.3 is 16.2 Å². The fourth-order valence-electron chi connectivity index (χ4n) is 4.66. The number of allylic oxidation sites excluding steroid dienone is 1. The van der Waals surface area contributed by atoms with Crippen LogP contribution in [0.3, 0.4) is 0 Å². The Bertz CT molecular complexity index is 1150. The molecule has 7 heteroatoms. The number of hydrazine groups is 1. The summed E-state index contributed by atoms with van der Waals surface area (Å²) in [6.07, 6.45) is 3.59. The topological polar surface area (TPSA) is 63.2 Å². The summed E-state index contributed by atoms with van der Waals surface area (Å²) in [6, 6.07) is 15.4. The maximum atomic E-state index is 7.62. The highest BCUT2D eigenvalue weighted by Crippen LogP contribution is 2.41. The van der Waals surface area contributed by atoms with Crippen molar-refractivity contribution in [2.45, 2.75) is 12.6 Å². The van der Waals surface area contributed by atoms with E-state index in [1.54, 1.807) is 0 Å². The lowest BCUT2D eigenvalue weighted by Gasteiger charge is -2.26. The molecule has 3 heterocycles. The Morgan fingerprint density at radius 2 is 1.97 bits per heavy atom. The van der Waals surface area contributed by atoms with Gasteiger partial charge in [-0.05, 0) is 40.0 Å². The Morgan fingerprint density at radius 1 is 1.18 bits per heavy atom. The first-order valence-electron chi connectivity index (χ1n) is 11.7. The number of rotatable bonds is 6. The number of hydrogen-bond acceptors (Lipinski definition) is 7. The summed E-state index contributed by atoms with van der Waals surface area (Å²) < 4.78 is 0. The quantitative estimate of drug-likeness (QED) is 0.428. The smallest absolute Gasteiger partial charge is 0.0752 e. The molecule has 0 bridgehead atoms. The molecule has 5 rings (SSSR count). The van der Waals surface area contributed by atoms with E-state index in [9.17, 15) is 0 Å². The standard InChI is InChI=1S/C27H31N5S2/c1-18-13-25(20-5-3-19(4-6-20)16-32-9-11-33-12-10-32)34-17-23-26(18)30-31-27(23)21-7-8-22(15-28)24(14-21)29-2/h3-8,13-15,27-31H,1,9-12,16-17H2,2H3. The van der Waals surface area contributed by atoms with Crippen molar-refractivity contribution in [3.8, 4) is 0 Å². The molecule has 0 spiro atoms. The van der Waals surface area contributed by atoms with Crippen molar-refractivity contribution in [2.24, 2.45) is 0 Å². The molecule has 176 valence electrons. The number of hydrogen-bond donors (Lipinski definition) is 4. The van der Waals surface area contributed by atoms with Gasteiger partial charge in [-0.15, -0.1) is 11.8 Å². The Balaban J connectivity index is 1.31. The largest absolute Gasteiger partial charge is 0.388 e. The van der Waals surface area contributed by atoms with Crippen LogP contribution in [0.5, 0.6) is 0 Å². The third-order valence-corrected chi connectivity index (χ3v) is 8.67. The van der Waals surface area contributed by atoms with E-state index in [1.165, 1.54) is 58.0 Å². The lowest BCUT2D eigenvalue weighted by Crippen LogP contribution is -2.31. The van der Waals surface area contributed by atoms with E-state index in [2.05, 4.69) is 81.9 Å². The van der Waals surface area contributed by atoms with E-state index < -0.39 is 0 Å². The lowest BCUT2D eigenvalue weighted by molar-refractivity contribution is 0.294. The first-order chi connectivity index (χ1) is 16.7. The molecule has 1 unspecified atom stereocenters. The van der Waals surface area contributed by atoms with Crippen LogP contribution >= 0.6 is 23.5 Å². The van der Waals surface area contributed by atoms with Gasteiger partial charge in [-0.25, -0.2) is 5.43 Å². The first-order valence-corrected chi connectivity index (χ1v) is 13.8. The van der Waals surface area contributed by atoms with Gasteiger partial charge in [0, 0.05) is 66.3 Å². The van der Waals surface area contributed by atoms with Crippen LogP contribution in [0.25, 0.3) is 4.91 Å². The van der Waals surface area contributed by atoms with Gasteiger partial charge in [0.05, 0.1) is 11.7 Å². The molecular weight excluding hydrogens is 458 g/mol. The van der Waals surface area contributed by atoms with Gasteiger partial charge in [-0.3, -0.25) is 4.90 Å². The van der Waals surface area contributed by atoms with Crippen molar-refractivity contribution in [1.29, 1.82) is 5.41 Å². The monoisotopic (exact) mass is 489 g/mol. The Labute approximate surface area is 210 Å². The average Bonchev–Trinajstić information content (AvgIpc) is 3.24. The molecule has 1 fully saturated rings. The summed E-state index contributed by atoms with van der Waals surface area (Å²) in [5, 5.41) is 10.8. The maximum Gasteiger partial charge on any atom is 0.0752 e. The minimum atomic E-state index is 0.0731. The molecule has 1 saturated heterocycles. The molecule has 3 aliphatic rings. The third kappa shape index (κ3) is 4.84. The number of benzene rings is 2. The van der Waals surface area contributed by atoms with E-state index in [0.717, 1.165) is 34.8 Å². The van der Waals surface area contributed by atoms with Crippen molar-refractivity contribution in [1.82, 2.24) is 15.8 Å². The predicted molar refractivity (Wildman–Crippen MR) is 149 cm³/mol. The van der Waals surface area contributed by atoms with Gasteiger partial charge in [0.2, 0.25) is 0 Å². The van der Waals surface area contributed by atoms with Crippen LogP contribution in [-0.4, -0.2) is 48.5 Å². The van der Waals surface area contributed by atoms with Crippen LogP contribution in [0.1, 0.15) is 28.3 Å². The predicted octanol–water partition coefficient (Wildman–Crippen LogP) is 5.02. The van der Waals surface area contributed by atoms with E-state index in [0.29, 0.717) is 0 Å². The highest BCUT2D eigenvalue weighted by Gasteiger charge is 2.30. The molecule has 2 aromatic rings. The molecule has 4 N–H and O–H groups in total. The van der Waals surface area contributed by atoms with Crippen molar-refractivity contribution < 1.29 is 0 Å². The number of anilines is 1. The molecule has 2 aromatic carbocycles. The summed E-state index contributed by atoms with van der Waals surface area (Å²) >= 11 is 3.93. The number of thioether (sulfide) groups is 2. The van der Waals surface area contributed by atoms with E-state index in [4.69, 9.17) is 5.41 Å². The minimum absolute atomic E-state index is 0.0731. The normalized spacial score (nSPS) is 20.9. The second-order valence-corrected chi connectivity index (χ2v) is 11.0. The van der Waals surface area contributed by atoms with Crippen LogP contribution in [0.15, 0.2) is 72.0 Å². The molecule has 0 aliphatic carbocycles. The second-order valence-electron chi connectivity index (χ2n) is 8.75. The third-order valence-electron chi connectivity index (χ3n) is 6.60. The Morgan fingerprint density at radius 3 is 2.71 bits per heavy atom. The van der Waals surface area contributed by atoms with E-state index in [-0.39, 0.29) is 6.04 Å². The minimum Gasteiger partial charge on any atom is -0.388 e. The summed E-state index contributed by atoms with van der Waals surface area (Å²) in [7, 11) is 1.90. The molecule has 0 radical (unpaired) electrons. The molecule has 3 aliphatic heterocycles. The van der Waals surface area contributed by atoms with Crippen molar-refractivity contribution in [3.05, 3.63) is 94.2 Å². The number of nitrogens with one attached hydrogen (secondary N) is 4. The Kier molecular flexibility index (Phi) is 7.15. The molecule has 1 atom stereocenters. The number of nitrogens with zero attached hydrogens (tertiary/aromatic N) is 1. The zero-order chi connectivity index (χ0) is 23.5. The van der Waals surface area contributed by atoms with Crippen LogP contribution in [0.2, 0.25) is 0 Å². The second kappa shape index (κ2) is 10.4. The average molecular weight is 490 g/mol. The van der Waals surface area contributed by atoms with Crippen LogP contribution < -0.4 is 16.2 Å². The molecule has 0 saturated carbocycles. The SMILES string of the molecule is C=C1C=C(c2ccc(CN3CCSCC3)cc2)SCC2=C1NNC2c1ccc(C=N)c(NC)c1.